The highest BCUT2D eigenvalue weighted by Gasteiger charge is 2.25. The van der Waals surface area contributed by atoms with Gasteiger partial charge < -0.3 is 20.0 Å². The lowest BCUT2D eigenvalue weighted by Crippen LogP contribution is -2.50. The molecule has 1 aliphatic rings. The number of hydrogen-bond donors (Lipinski definition) is 1. The maximum atomic E-state index is 13.1. The number of pyridine rings is 1. The molecule has 0 radical (unpaired) electrons. The van der Waals surface area contributed by atoms with Crippen molar-refractivity contribution in [3.8, 4) is 0 Å². The molecule has 164 valence electrons. The van der Waals surface area contributed by atoms with Crippen LogP contribution in [-0.4, -0.2) is 53.4 Å². The van der Waals surface area contributed by atoms with Crippen molar-refractivity contribution in [2.75, 3.05) is 42.9 Å². The molecular weight excluding hydrogens is 386 g/mol. The third-order valence-electron chi connectivity index (χ3n) is 5.34. The fraction of sp³-hybridized carbons (Fsp3) is 0.360. The molecule has 0 bridgehead atoms. The number of carbonyl (C=O) groups is 1. The van der Waals surface area contributed by atoms with Crippen molar-refractivity contribution in [1.29, 1.82) is 0 Å². The van der Waals surface area contributed by atoms with E-state index in [1.807, 2.05) is 41.1 Å². The number of nitrogens with zero attached hydrogens (tertiary/aromatic N) is 4. The van der Waals surface area contributed by atoms with Crippen molar-refractivity contribution >= 4 is 17.4 Å². The quantitative estimate of drug-likeness (QED) is 0.649. The van der Waals surface area contributed by atoms with Crippen LogP contribution in [-0.2, 0) is 4.79 Å². The third-order valence-corrected chi connectivity index (χ3v) is 5.34. The topological polar surface area (TPSA) is 51.7 Å². The second kappa shape index (κ2) is 10.7. The number of hydrogen-bond acceptors (Lipinski definition) is 5. The average molecular weight is 420 g/mol. The van der Waals surface area contributed by atoms with E-state index in [1.54, 1.807) is 6.20 Å². The van der Waals surface area contributed by atoms with E-state index in [9.17, 15) is 4.79 Å². The summed E-state index contributed by atoms with van der Waals surface area (Å²) in [7, 11) is 0. The van der Waals surface area contributed by atoms with Crippen molar-refractivity contribution in [1.82, 2.24) is 14.8 Å². The minimum absolute atomic E-state index is 0.00601. The Morgan fingerprint density at radius 2 is 1.87 bits per heavy atom. The Morgan fingerprint density at radius 1 is 1.16 bits per heavy atom. The lowest BCUT2D eigenvalue weighted by atomic mass is 10.2. The number of anilines is 2. The van der Waals surface area contributed by atoms with Crippen LogP contribution in [0.1, 0.15) is 25.8 Å². The van der Waals surface area contributed by atoms with Gasteiger partial charge in [0.15, 0.2) is 0 Å². The molecule has 0 aliphatic carbocycles. The SMILES string of the molecule is C=C(C(=O)N1CCN(c2ccccn2)CC1)N(/C=C(\C)Nc1ccc(C)cc1)CCC. The molecule has 0 saturated carbocycles. The van der Waals surface area contributed by atoms with Crippen molar-refractivity contribution in [2.45, 2.75) is 27.2 Å². The number of benzene rings is 1. The van der Waals surface area contributed by atoms with Gasteiger partial charge in [0, 0.05) is 56.5 Å². The van der Waals surface area contributed by atoms with Crippen LogP contribution in [0, 0.1) is 6.92 Å². The van der Waals surface area contributed by atoms with Gasteiger partial charge in [-0.1, -0.05) is 37.3 Å². The Kier molecular flexibility index (Phi) is 7.70. The standard InChI is InChI=1S/C25H33N5O/c1-5-14-30(19-21(3)27-23-11-9-20(2)10-12-23)22(4)25(31)29-17-15-28(16-18-29)24-8-6-7-13-26-24/h6-13,19,27H,4-5,14-18H2,1-3H3/b21-19+. The highest BCUT2D eigenvalue weighted by Crippen LogP contribution is 2.17. The lowest BCUT2D eigenvalue weighted by Gasteiger charge is -2.36. The second-order valence-corrected chi connectivity index (χ2v) is 7.91. The molecule has 2 heterocycles. The first kappa shape index (κ1) is 22.4. The normalized spacial score (nSPS) is 14.4. The van der Waals surface area contributed by atoms with Gasteiger partial charge in [-0.15, -0.1) is 0 Å². The molecule has 1 amide bonds. The Morgan fingerprint density at radius 3 is 2.48 bits per heavy atom. The molecule has 2 aromatic rings. The minimum atomic E-state index is -0.00601. The van der Waals surface area contributed by atoms with E-state index in [0.717, 1.165) is 43.3 Å². The molecule has 3 rings (SSSR count). The minimum Gasteiger partial charge on any atom is -0.358 e. The van der Waals surface area contributed by atoms with Crippen molar-refractivity contribution in [3.05, 3.63) is 78.4 Å². The van der Waals surface area contributed by atoms with Crippen molar-refractivity contribution < 1.29 is 4.79 Å². The van der Waals surface area contributed by atoms with Gasteiger partial charge in [0.2, 0.25) is 0 Å². The molecular formula is C25H33N5O. The van der Waals surface area contributed by atoms with Gasteiger partial charge in [0.05, 0.1) is 5.70 Å². The molecule has 1 aromatic heterocycles. The third kappa shape index (κ3) is 6.10. The first-order valence-electron chi connectivity index (χ1n) is 10.9. The molecule has 1 saturated heterocycles. The van der Waals surface area contributed by atoms with E-state index in [0.29, 0.717) is 18.8 Å². The Bertz CT molecular complexity index is 899. The van der Waals surface area contributed by atoms with E-state index >= 15 is 0 Å². The van der Waals surface area contributed by atoms with Gasteiger partial charge in [-0.25, -0.2) is 4.98 Å². The van der Waals surface area contributed by atoms with Crippen LogP contribution in [0.5, 0.6) is 0 Å². The van der Waals surface area contributed by atoms with Gasteiger partial charge in [0.1, 0.15) is 5.82 Å². The fourth-order valence-corrected chi connectivity index (χ4v) is 3.63. The van der Waals surface area contributed by atoms with Crippen LogP contribution in [0.25, 0.3) is 0 Å². The number of aryl methyl sites for hydroxylation is 1. The summed E-state index contributed by atoms with van der Waals surface area (Å²) >= 11 is 0. The lowest BCUT2D eigenvalue weighted by molar-refractivity contribution is -0.128. The van der Waals surface area contributed by atoms with Gasteiger partial charge >= 0.3 is 0 Å². The summed E-state index contributed by atoms with van der Waals surface area (Å²) in [5, 5.41) is 3.40. The van der Waals surface area contributed by atoms with Crippen molar-refractivity contribution in [3.63, 3.8) is 0 Å². The van der Waals surface area contributed by atoms with Gasteiger partial charge in [0.25, 0.3) is 5.91 Å². The summed E-state index contributed by atoms with van der Waals surface area (Å²) < 4.78 is 0. The molecule has 6 heteroatoms. The van der Waals surface area contributed by atoms with Crippen LogP contribution >= 0.6 is 0 Å². The number of aromatic nitrogens is 1. The van der Waals surface area contributed by atoms with Crippen LogP contribution in [0.4, 0.5) is 11.5 Å². The van der Waals surface area contributed by atoms with E-state index in [-0.39, 0.29) is 5.91 Å². The van der Waals surface area contributed by atoms with Gasteiger partial charge in [-0.05, 0) is 44.5 Å². The highest BCUT2D eigenvalue weighted by molar-refractivity contribution is 5.92. The summed E-state index contributed by atoms with van der Waals surface area (Å²) in [5.41, 5.74) is 3.73. The number of carbonyl (C=O) groups excluding carboxylic acids is 1. The largest absolute Gasteiger partial charge is 0.358 e. The van der Waals surface area contributed by atoms with Gasteiger partial charge in [-0.2, -0.15) is 0 Å². The van der Waals surface area contributed by atoms with Crippen LogP contribution in [0.3, 0.4) is 0 Å². The number of nitrogens with one attached hydrogen (secondary N) is 1. The predicted molar refractivity (Wildman–Crippen MR) is 128 cm³/mol. The average Bonchev–Trinajstić information content (AvgIpc) is 2.80. The molecule has 6 nitrogen and oxygen atoms in total. The maximum Gasteiger partial charge on any atom is 0.269 e. The number of piperazine rings is 1. The highest BCUT2D eigenvalue weighted by atomic mass is 16.2. The Labute approximate surface area is 185 Å². The molecule has 0 unspecified atom stereocenters. The predicted octanol–water partition coefficient (Wildman–Crippen LogP) is 4.24. The first-order chi connectivity index (χ1) is 15.0. The fourth-order valence-electron chi connectivity index (χ4n) is 3.63. The second-order valence-electron chi connectivity index (χ2n) is 7.91. The number of allylic oxidation sites excluding steroid dienone is 1. The zero-order valence-electron chi connectivity index (χ0n) is 18.8. The number of rotatable bonds is 8. The Hall–Kier alpha value is -3.28. The monoisotopic (exact) mass is 419 g/mol. The van der Waals surface area contributed by atoms with Crippen molar-refractivity contribution in [2.24, 2.45) is 0 Å². The summed E-state index contributed by atoms with van der Waals surface area (Å²) in [6.45, 7) is 13.9. The van der Waals surface area contributed by atoms with Crippen LogP contribution < -0.4 is 10.2 Å². The van der Waals surface area contributed by atoms with Gasteiger partial charge in [-0.3, -0.25) is 4.79 Å². The number of amides is 1. The summed E-state index contributed by atoms with van der Waals surface area (Å²) in [6.07, 6.45) is 4.71. The molecule has 1 fully saturated rings. The van der Waals surface area contributed by atoms with E-state index in [4.69, 9.17) is 0 Å². The maximum absolute atomic E-state index is 13.1. The zero-order chi connectivity index (χ0) is 22.2. The summed E-state index contributed by atoms with van der Waals surface area (Å²) in [4.78, 5) is 23.6. The van der Waals surface area contributed by atoms with E-state index in [2.05, 4.69) is 59.9 Å². The molecule has 1 N–H and O–H groups in total. The van der Waals surface area contributed by atoms with Crippen LogP contribution in [0.2, 0.25) is 0 Å². The molecule has 0 spiro atoms. The summed E-state index contributed by atoms with van der Waals surface area (Å²) in [6, 6.07) is 14.2. The van der Waals surface area contributed by atoms with E-state index in [1.165, 1.54) is 5.56 Å². The zero-order valence-corrected chi connectivity index (χ0v) is 18.8. The van der Waals surface area contributed by atoms with Crippen LogP contribution in [0.15, 0.2) is 72.8 Å². The molecule has 1 aliphatic heterocycles. The first-order valence-corrected chi connectivity index (χ1v) is 10.9. The molecule has 31 heavy (non-hydrogen) atoms. The Balaban J connectivity index is 1.61. The van der Waals surface area contributed by atoms with E-state index < -0.39 is 0 Å². The summed E-state index contributed by atoms with van der Waals surface area (Å²) in [5.74, 6) is 0.954. The smallest absolute Gasteiger partial charge is 0.269 e. The molecule has 0 atom stereocenters. The molecule has 1 aromatic carbocycles.